The molecule has 2 saturated heterocycles. The van der Waals surface area contributed by atoms with E-state index in [0.717, 1.165) is 58.9 Å². The molecule has 0 spiro atoms. The molecule has 0 saturated carbocycles. The number of nitrogens with one attached hydrogen (secondary N) is 4. The first-order chi connectivity index (χ1) is 22.3. The van der Waals surface area contributed by atoms with E-state index in [-0.39, 0.29) is 37.0 Å². The van der Waals surface area contributed by atoms with Gasteiger partial charge in [-0.25, -0.2) is 19.6 Å². The molecule has 2 aliphatic rings. The third kappa shape index (κ3) is 6.44. The van der Waals surface area contributed by atoms with Crippen molar-refractivity contribution in [3.8, 4) is 11.8 Å². The van der Waals surface area contributed by atoms with Crippen molar-refractivity contribution in [3.63, 3.8) is 0 Å². The van der Waals surface area contributed by atoms with Crippen molar-refractivity contribution in [2.75, 3.05) is 40.4 Å². The maximum Gasteiger partial charge on any atom is 0.407 e. The summed E-state index contributed by atoms with van der Waals surface area (Å²) in [6.45, 7) is 0.911. The molecule has 6 rings (SSSR count). The van der Waals surface area contributed by atoms with Gasteiger partial charge in [0.2, 0.25) is 11.8 Å². The second-order valence-corrected chi connectivity index (χ2v) is 11.1. The van der Waals surface area contributed by atoms with Gasteiger partial charge in [-0.3, -0.25) is 9.59 Å². The third-order valence-corrected chi connectivity index (χ3v) is 8.27. The molecule has 0 bridgehead atoms. The van der Waals surface area contributed by atoms with Gasteiger partial charge in [-0.1, -0.05) is 11.8 Å². The Kier molecular flexibility index (Phi) is 8.73. The van der Waals surface area contributed by atoms with Crippen LogP contribution < -0.4 is 10.6 Å². The largest absolute Gasteiger partial charge is 0.453 e. The number of fused-ring (bicyclic) bond motifs is 2. The highest BCUT2D eigenvalue weighted by molar-refractivity contribution is 5.84. The number of aromatic nitrogens is 4. The second kappa shape index (κ2) is 13.2. The lowest BCUT2D eigenvalue weighted by Gasteiger charge is -2.23. The summed E-state index contributed by atoms with van der Waals surface area (Å²) < 4.78 is 9.12. The first kappa shape index (κ1) is 30.4. The van der Waals surface area contributed by atoms with Crippen LogP contribution in [0.4, 0.5) is 9.59 Å². The van der Waals surface area contributed by atoms with Crippen LogP contribution in [0.1, 0.15) is 60.5 Å². The summed E-state index contributed by atoms with van der Waals surface area (Å²) in [5.74, 6) is 7.45. The molecule has 0 aliphatic carbocycles. The van der Waals surface area contributed by atoms with Gasteiger partial charge in [0.25, 0.3) is 0 Å². The lowest BCUT2D eigenvalue weighted by molar-refractivity contribution is -0.132. The fraction of sp³-hybridized carbons (Fsp3) is 0.375. The summed E-state index contributed by atoms with van der Waals surface area (Å²) >= 11 is 0. The number of ether oxygens (including phenoxy) is 2. The van der Waals surface area contributed by atoms with Crippen LogP contribution in [0.25, 0.3) is 22.1 Å². The van der Waals surface area contributed by atoms with Crippen molar-refractivity contribution >= 4 is 46.1 Å². The number of hydrogen-bond acceptors (Lipinski definition) is 8. The molecule has 238 valence electrons. The number of carbonyl (C=O) groups is 4. The molecule has 4 heterocycles. The van der Waals surface area contributed by atoms with E-state index in [1.54, 1.807) is 9.80 Å². The van der Waals surface area contributed by atoms with Gasteiger partial charge in [-0.2, -0.15) is 0 Å². The number of amides is 4. The lowest BCUT2D eigenvalue weighted by atomic mass is 10.1. The van der Waals surface area contributed by atoms with E-state index in [2.05, 4.69) is 41.9 Å². The van der Waals surface area contributed by atoms with Crippen LogP contribution in [0.3, 0.4) is 0 Å². The number of H-pyrrole nitrogens is 2. The highest BCUT2D eigenvalue weighted by Gasteiger charge is 2.33. The summed E-state index contributed by atoms with van der Waals surface area (Å²) in [6, 6.07) is 11.1. The van der Waals surface area contributed by atoms with E-state index in [0.29, 0.717) is 24.7 Å². The number of nitrogens with zero attached hydrogens (tertiary/aromatic N) is 4. The van der Waals surface area contributed by atoms with E-state index in [9.17, 15) is 19.2 Å². The van der Waals surface area contributed by atoms with Crippen molar-refractivity contribution in [1.82, 2.24) is 40.4 Å². The van der Waals surface area contributed by atoms with Crippen LogP contribution in [0.5, 0.6) is 0 Å². The Morgan fingerprint density at radius 3 is 1.87 bits per heavy atom. The fourth-order valence-corrected chi connectivity index (χ4v) is 6.01. The zero-order valence-corrected chi connectivity index (χ0v) is 25.5. The van der Waals surface area contributed by atoms with Crippen LogP contribution in [0, 0.1) is 11.8 Å². The molecule has 0 unspecified atom stereocenters. The average Bonchev–Trinajstić information content (AvgIpc) is 3.89. The van der Waals surface area contributed by atoms with E-state index in [1.165, 1.54) is 14.2 Å². The Morgan fingerprint density at radius 2 is 1.28 bits per heavy atom. The number of likely N-dealkylation sites (tertiary alicyclic amines) is 2. The fourth-order valence-electron chi connectivity index (χ4n) is 6.01. The Hall–Kier alpha value is -5.58. The number of benzene rings is 2. The Bertz CT molecular complexity index is 1740. The van der Waals surface area contributed by atoms with Gasteiger partial charge in [0, 0.05) is 24.2 Å². The number of hydrogen-bond donors (Lipinski definition) is 4. The molecule has 2 aromatic heterocycles. The van der Waals surface area contributed by atoms with E-state index in [4.69, 9.17) is 9.97 Å². The minimum Gasteiger partial charge on any atom is -0.453 e. The third-order valence-electron chi connectivity index (χ3n) is 8.27. The molecule has 2 atom stereocenters. The van der Waals surface area contributed by atoms with Gasteiger partial charge >= 0.3 is 12.2 Å². The Morgan fingerprint density at radius 1 is 0.761 bits per heavy atom. The van der Waals surface area contributed by atoms with Crippen LogP contribution in [0.15, 0.2) is 36.4 Å². The van der Waals surface area contributed by atoms with Crippen LogP contribution in [-0.2, 0) is 19.1 Å². The van der Waals surface area contributed by atoms with Crippen molar-refractivity contribution in [1.29, 1.82) is 0 Å². The zero-order chi connectivity index (χ0) is 32.2. The van der Waals surface area contributed by atoms with Gasteiger partial charge in [-0.15, -0.1) is 0 Å². The van der Waals surface area contributed by atoms with Gasteiger partial charge < -0.3 is 39.9 Å². The minimum atomic E-state index is -0.646. The number of alkyl carbamates (subject to hydrolysis) is 2. The van der Waals surface area contributed by atoms with Crippen molar-refractivity contribution in [2.45, 2.75) is 37.8 Å². The maximum atomic E-state index is 12.7. The zero-order valence-electron chi connectivity index (χ0n) is 25.5. The topological polar surface area (TPSA) is 175 Å². The molecule has 4 N–H and O–H groups in total. The average molecular weight is 627 g/mol. The summed E-state index contributed by atoms with van der Waals surface area (Å²) in [5, 5.41) is 4.90. The van der Waals surface area contributed by atoms with Gasteiger partial charge in [0.15, 0.2) is 0 Å². The van der Waals surface area contributed by atoms with Gasteiger partial charge in [-0.05, 0) is 62.1 Å². The Balaban J connectivity index is 1.15. The number of rotatable bonds is 6. The molecule has 4 aromatic rings. The first-order valence-electron chi connectivity index (χ1n) is 15.1. The monoisotopic (exact) mass is 626 g/mol. The molecule has 4 amide bonds. The molecule has 14 nitrogen and oxygen atoms in total. The lowest BCUT2D eigenvalue weighted by Crippen LogP contribution is -2.40. The molecule has 46 heavy (non-hydrogen) atoms. The normalized spacial score (nSPS) is 17.5. The van der Waals surface area contributed by atoms with Crippen LogP contribution >= 0.6 is 0 Å². The van der Waals surface area contributed by atoms with Crippen LogP contribution in [-0.4, -0.2) is 94.1 Å². The maximum absolute atomic E-state index is 12.7. The van der Waals surface area contributed by atoms with E-state index < -0.39 is 12.2 Å². The molecular weight excluding hydrogens is 592 g/mol. The van der Waals surface area contributed by atoms with Crippen molar-refractivity contribution < 1.29 is 28.7 Å². The molecule has 2 aromatic carbocycles. The quantitative estimate of drug-likeness (QED) is 0.236. The number of imidazole rings is 2. The molecule has 14 heteroatoms. The highest BCUT2D eigenvalue weighted by Crippen LogP contribution is 2.33. The van der Waals surface area contributed by atoms with Gasteiger partial charge in [0.05, 0.1) is 48.4 Å². The SMILES string of the molecule is COC(=O)NCC(=O)N1CCC[C@H]1c1nc2cc(C#Cc3ccc4nc([C@@H]5CCCN5C(=O)CNC(=O)OC)[nH]c4c3)ccc2[nH]1. The standard InChI is InChI=1S/C32H34N8O6/c1-45-31(43)33-17-27(41)39-13-3-5-25(39)29-35-21-11-9-19(15-23(21)37-29)7-8-20-10-12-22-24(16-20)38-30(36-22)26-6-4-14-40(26)28(42)18-34-32(44)46-2/h9-12,15-16,25-26H,3-6,13-14,17-18H2,1-2H3,(H,33,43)(H,34,44)(H,35,37)(H,36,38)/t25-,26-/m0/s1. The molecular formula is C32H34N8O6. The van der Waals surface area contributed by atoms with Crippen LogP contribution in [0.2, 0.25) is 0 Å². The summed E-state index contributed by atoms with van der Waals surface area (Å²) in [5.41, 5.74) is 4.78. The number of methoxy groups -OCH3 is 2. The predicted octanol–water partition coefficient (Wildman–Crippen LogP) is 2.88. The van der Waals surface area contributed by atoms with E-state index >= 15 is 0 Å². The second-order valence-electron chi connectivity index (χ2n) is 11.1. The summed E-state index contributed by atoms with van der Waals surface area (Å²) in [6.07, 6.45) is 1.94. The predicted molar refractivity (Wildman–Crippen MR) is 166 cm³/mol. The highest BCUT2D eigenvalue weighted by atomic mass is 16.5. The van der Waals surface area contributed by atoms with E-state index in [1.807, 2.05) is 36.4 Å². The smallest absolute Gasteiger partial charge is 0.407 e. The van der Waals surface area contributed by atoms with Crippen molar-refractivity contribution in [3.05, 3.63) is 59.2 Å². The summed E-state index contributed by atoms with van der Waals surface area (Å²) in [7, 11) is 2.51. The summed E-state index contributed by atoms with van der Waals surface area (Å²) in [4.78, 5) is 68.0. The Labute approximate surface area is 264 Å². The first-order valence-corrected chi connectivity index (χ1v) is 15.1. The minimum absolute atomic E-state index is 0.135. The van der Waals surface area contributed by atoms with Gasteiger partial charge in [0.1, 0.15) is 24.7 Å². The number of aromatic amines is 2. The van der Waals surface area contributed by atoms with Crippen molar-refractivity contribution in [2.24, 2.45) is 0 Å². The molecule has 2 fully saturated rings. The molecule has 0 radical (unpaired) electrons. The molecule has 2 aliphatic heterocycles. The number of carbonyl (C=O) groups excluding carboxylic acids is 4.